The molecule has 4 aromatic heterocycles. The highest BCUT2D eigenvalue weighted by molar-refractivity contribution is 7.20. The molecule has 0 fully saturated rings. The lowest BCUT2D eigenvalue weighted by molar-refractivity contribution is 0.705. The second-order valence-corrected chi connectivity index (χ2v) is 19.0. The molecule has 4 nitrogen and oxygen atoms in total. The summed E-state index contributed by atoms with van der Waals surface area (Å²) in [5.41, 5.74) is 13.1. The van der Waals surface area contributed by atoms with E-state index in [1.54, 1.807) is 0 Å². The van der Waals surface area contributed by atoms with Gasteiger partial charge < -0.3 is 4.57 Å². The Morgan fingerprint density at radius 2 is 1.15 bits per heavy atom. The Bertz CT molecular complexity index is 4340. The van der Waals surface area contributed by atoms with Crippen LogP contribution in [0.25, 0.3) is 126 Å². The SMILES string of the molecule is C1=CC2C=Cc3c(sc4c3c3ccccc3c3c5cc(-c6ccc7c8ccccc8n(-c8ccccc8)c7c6)ccc5n(-c5nc6c(ccc7ccccc76)nc5-c5ccccc5)c43)C2C=C1. The predicted molar refractivity (Wildman–Crippen MR) is 283 cm³/mol. The Morgan fingerprint density at radius 1 is 0.463 bits per heavy atom. The zero-order valence-electron chi connectivity index (χ0n) is 36.1. The highest BCUT2D eigenvalue weighted by atomic mass is 32.1. The molecule has 0 saturated heterocycles. The van der Waals surface area contributed by atoms with Gasteiger partial charge in [0, 0.05) is 60.3 Å². The number of thiophene rings is 1. The fourth-order valence-electron chi connectivity index (χ4n) is 11.4. The Kier molecular flexibility index (Phi) is 7.74. The van der Waals surface area contributed by atoms with Crippen LogP contribution >= 0.6 is 11.3 Å². The van der Waals surface area contributed by atoms with Crippen LogP contribution in [0.1, 0.15) is 16.4 Å². The van der Waals surface area contributed by atoms with Crippen LogP contribution in [0.5, 0.6) is 0 Å². The summed E-state index contributed by atoms with van der Waals surface area (Å²) in [6.45, 7) is 0. The van der Waals surface area contributed by atoms with Crippen molar-refractivity contribution in [2.75, 3.05) is 0 Å². The van der Waals surface area contributed by atoms with Gasteiger partial charge in [-0.05, 0) is 75.3 Å². The molecule has 2 aliphatic carbocycles. The summed E-state index contributed by atoms with van der Waals surface area (Å²) in [6, 6.07) is 66.1. The van der Waals surface area contributed by atoms with Gasteiger partial charge in [0.2, 0.25) is 0 Å². The molecule has 13 aromatic rings. The van der Waals surface area contributed by atoms with Gasteiger partial charge >= 0.3 is 0 Å². The van der Waals surface area contributed by atoms with Gasteiger partial charge in [-0.2, -0.15) is 0 Å². The van der Waals surface area contributed by atoms with Crippen molar-refractivity contribution in [3.63, 3.8) is 0 Å². The molecule has 0 N–H and O–H groups in total. The number of hydrogen-bond acceptors (Lipinski definition) is 3. The van der Waals surface area contributed by atoms with Crippen molar-refractivity contribution in [3.05, 3.63) is 223 Å². The Morgan fingerprint density at radius 3 is 2.01 bits per heavy atom. The molecule has 0 saturated carbocycles. The molecule has 0 bridgehead atoms. The van der Waals surface area contributed by atoms with Gasteiger partial charge in [0.25, 0.3) is 0 Å². The molecule has 2 aliphatic rings. The van der Waals surface area contributed by atoms with Crippen molar-refractivity contribution < 1.29 is 0 Å². The molecular formula is C62H38N4S. The van der Waals surface area contributed by atoms with E-state index in [0.717, 1.165) is 55.6 Å². The second-order valence-electron chi connectivity index (χ2n) is 18.0. The van der Waals surface area contributed by atoms with Gasteiger partial charge in [0.15, 0.2) is 5.82 Å². The van der Waals surface area contributed by atoms with E-state index in [4.69, 9.17) is 9.97 Å². The summed E-state index contributed by atoms with van der Waals surface area (Å²) in [7, 11) is 0. The number of rotatable bonds is 4. The van der Waals surface area contributed by atoms with Crippen molar-refractivity contribution in [3.8, 4) is 33.9 Å². The molecule has 0 amide bonds. The van der Waals surface area contributed by atoms with Crippen molar-refractivity contribution >= 4 is 104 Å². The van der Waals surface area contributed by atoms with E-state index >= 15 is 0 Å². The molecule has 0 aliphatic heterocycles. The minimum absolute atomic E-state index is 0.286. The molecule has 4 heterocycles. The van der Waals surface area contributed by atoms with Gasteiger partial charge in [0.05, 0.1) is 37.8 Å². The van der Waals surface area contributed by atoms with Crippen molar-refractivity contribution in [1.29, 1.82) is 0 Å². The van der Waals surface area contributed by atoms with E-state index < -0.39 is 0 Å². The predicted octanol–water partition coefficient (Wildman–Crippen LogP) is 16.5. The van der Waals surface area contributed by atoms with Gasteiger partial charge in [-0.1, -0.05) is 176 Å². The highest BCUT2D eigenvalue weighted by Crippen LogP contribution is 2.53. The zero-order chi connectivity index (χ0) is 43.7. The Hall–Kier alpha value is -8.38. The minimum atomic E-state index is 0.286. The quantitative estimate of drug-likeness (QED) is 0.165. The molecular weight excluding hydrogens is 833 g/mol. The van der Waals surface area contributed by atoms with Crippen LogP contribution in [0.3, 0.4) is 0 Å². The molecule has 312 valence electrons. The van der Waals surface area contributed by atoms with Crippen LogP contribution in [0.2, 0.25) is 0 Å². The third kappa shape index (κ3) is 5.29. The fourth-order valence-corrected chi connectivity index (χ4v) is 12.9. The van der Waals surface area contributed by atoms with Gasteiger partial charge in [-0.3, -0.25) is 4.57 Å². The Balaban J connectivity index is 1.09. The second kappa shape index (κ2) is 14.1. The van der Waals surface area contributed by atoms with Gasteiger partial charge in [0.1, 0.15) is 5.69 Å². The zero-order valence-corrected chi connectivity index (χ0v) is 37.0. The van der Waals surface area contributed by atoms with Gasteiger partial charge in [-0.25, -0.2) is 9.97 Å². The standard InChI is InChI=1S/C62H38N4S/c1-3-17-39(18-4-1)57-62(64-58-43-21-9-7-15-37(43)29-33-51(58)63-57)66-53-34-30-40(41-28-31-46-45-23-13-14-26-52(45)65(54(46)36-41)42-19-5-2-6-20-42)35-50(53)55-47-24-11-12-25-48(47)56-49-32-27-38-16-8-10-22-44(38)60(49)67-61(56)59(55)66/h1-36,38,44H. The lowest BCUT2D eigenvalue weighted by Crippen LogP contribution is -2.11. The minimum Gasteiger partial charge on any atom is -0.309 e. The third-order valence-electron chi connectivity index (χ3n) is 14.4. The fraction of sp³-hybridized carbons (Fsp3) is 0.0323. The molecule has 2 unspecified atom stereocenters. The first-order chi connectivity index (χ1) is 33.2. The largest absolute Gasteiger partial charge is 0.309 e. The summed E-state index contributed by atoms with van der Waals surface area (Å²) in [5.74, 6) is 1.45. The molecule has 67 heavy (non-hydrogen) atoms. The maximum absolute atomic E-state index is 5.80. The number of allylic oxidation sites excluding steroid dienone is 5. The first kappa shape index (κ1) is 36.9. The van der Waals surface area contributed by atoms with E-state index in [0.29, 0.717) is 5.92 Å². The summed E-state index contributed by atoms with van der Waals surface area (Å²) in [4.78, 5) is 12.8. The van der Waals surface area contributed by atoms with Crippen LogP contribution in [0, 0.1) is 5.92 Å². The topological polar surface area (TPSA) is 35.6 Å². The molecule has 0 spiro atoms. The van der Waals surface area contributed by atoms with Crippen LogP contribution in [0.15, 0.2) is 212 Å². The van der Waals surface area contributed by atoms with E-state index in [-0.39, 0.29) is 5.92 Å². The molecule has 5 heteroatoms. The van der Waals surface area contributed by atoms with Crippen LogP contribution in [-0.4, -0.2) is 19.1 Å². The lowest BCUT2D eigenvalue weighted by Gasteiger charge is -2.24. The Labute approximate surface area is 389 Å². The summed E-state index contributed by atoms with van der Waals surface area (Å²) < 4.78 is 6.15. The monoisotopic (exact) mass is 870 g/mol. The van der Waals surface area contributed by atoms with E-state index in [1.807, 2.05) is 11.3 Å². The van der Waals surface area contributed by atoms with Crippen molar-refractivity contribution in [1.82, 2.24) is 19.1 Å². The number of benzene rings is 9. The molecule has 9 aromatic carbocycles. The summed E-state index contributed by atoms with van der Waals surface area (Å²) >= 11 is 1.96. The normalized spacial score (nSPS) is 15.6. The first-order valence-corrected chi connectivity index (χ1v) is 23.9. The average Bonchev–Trinajstić information content (AvgIpc) is 4.07. The van der Waals surface area contributed by atoms with Crippen LogP contribution < -0.4 is 0 Å². The van der Waals surface area contributed by atoms with Crippen LogP contribution in [-0.2, 0) is 0 Å². The first-order valence-electron chi connectivity index (χ1n) is 23.1. The van der Waals surface area contributed by atoms with Crippen molar-refractivity contribution in [2.24, 2.45) is 5.92 Å². The lowest BCUT2D eigenvalue weighted by atomic mass is 9.81. The number of fused-ring (bicyclic) bond motifs is 18. The van der Waals surface area contributed by atoms with Crippen molar-refractivity contribution in [2.45, 2.75) is 5.92 Å². The number of para-hydroxylation sites is 2. The van der Waals surface area contributed by atoms with Crippen LogP contribution in [0.4, 0.5) is 0 Å². The van der Waals surface area contributed by atoms with Gasteiger partial charge in [-0.15, -0.1) is 11.3 Å². The van der Waals surface area contributed by atoms with E-state index in [9.17, 15) is 0 Å². The average molecular weight is 871 g/mol. The number of nitrogens with zero attached hydrogens (tertiary/aromatic N) is 4. The molecule has 0 radical (unpaired) electrons. The molecule has 15 rings (SSSR count). The van der Waals surface area contributed by atoms with E-state index in [2.05, 4.69) is 228 Å². The van der Waals surface area contributed by atoms with E-state index in [1.165, 1.54) is 75.0 Å². The maximum Gasteiger partial charge on any atom is 0.165 e. The number of hydrogen-bond donors (Lipinski definition) is 0. The number of aromatic nitrogens is 4. The highest BCUT2D eigenvalue weighted by Gasteiger charge is 2.31. The summed E-state index contributed by atoms with van der Waals surface area (Å²) in [6.07, 6.45) is 14.0. The summed E-state index contributed by atoms with van der Waals surface area (Å²) in [5, 5.41) is 11.0. The third-order valence-corrected chi connectivity index (χ3v) is 15.7. The molecule has 2 atom stereocenters. The maximum atomic E-state index is 5.80. The smallest absolute Gasteiger partial charge is 0.165 e.